The molecule has 0 aliphatic heterocycles. The van der Waals surface area contributed by atoms with Crippen LogP contribution >= 0.6 is 0 Å². The van der Waals surface area contributed by atoms with Crippen LogP contribution in [0.25, 0.3) is 0 Å². The summed E-state index contributed by atoms with van der Waals surface area (Å²) >= 11 is 0. The first-order valence-corrected chi connectivity index (χ1v) is 6.54. The van der Waals surface area contributed by atoms with Crippen LogP contribution in [0.5, 0.6) is 5.75 Å². The second-order valence-corrected chi connectivity index (χ2v) is 4.52. The van der Waals surface area contributed by atoms with Gasteiger partial charge >= 0.3 is 6.03 Å². The number of nitrogens with one attached hydrogen (secondary N) is 2. The second-order valence-electron chi connectivity index (χ2n) is 4.52. The monoisotopic (exact) mass is 248 g/mol. The Morgan fingerprint density at radius 1 is 1.33 bits per heavy atom. The number of hydrogen-bond donors (Lipinski definition) is 2. The van der Waals surface area contributed by atoms with Crippen molar-refractivity contribution in [2.45, 2.75) is 32.2 Å². The lowest BCUT2D eigenvalue weighted by atomic mass is 10.2. The molecule has 1 saturated carbocycles. The van der Waals surface area contributed by atoms with Crippen molar-refractivity contribution in [2.24, 2.45) is 0 Å². The SMILES string of the molecule is CCc1ccc(OCCNC(=O)NC2CC2)cc1. The molecule has 1 aromatic rings. The first kappa shape index (κ1) is 12.7. The molecule has 0 heterocycles. The fourth-order valence-corrected chi connectivity index (χ4v) is 1.62. The number of aryl methyl sites for hydroxylation is 1. The fourth-order valence-electron chi connectivity index (χ4n) is 1.62. The minimum Gasteiger partial charge on any atom is -0.492 e. The van der Waals surface area contributed by atoms with Crippen LogP contribution in [0.1, 0.15) is 25.3 Å². The zero-order chi connectivity index (χ0) is 12.8. The van der Waals surface area contributed by atoms with Crippen molar-refractivity contribution < 1.29 is 9.53 Å². The molecule has 2 amide bonds. The van der Waals surface area contributed by atoms with Gasteiger partial charge in [-0.3, -0.25) is 0 Å². The molecule has 4 nitrogen and oxygen atoms in total. The van der Waals surface area contributed by atoms with Crippen molar-refractivity contribution in [2.75, 3.05) is 13.2 Å². The molecule has 0 atom stereocenters. The molecule has 2 N–H and O–H groups in total. The molecule has 0 spiro atoms. The number of rotatable bonds is 6. The van der Waals surface area contributed by atoms with Gasteiger partial charge in [-0.25, -0.2) is 4.79 Å². The molecule has 1 aliphatic carbocycles. The van der Waals surface area contributed by atoms with Gasteiger partial charge in [0.1, 0.15) is 12.4 Å². The number of carbonyl (C=O) groups is 1. The van der Waals surface area contributed by atoms with Crippen LogP contribution in [-0.4, -0.2) is 25.2 Å². The Kier molecular flexibility index (Phi) is 4.45. The maximum atomic E-state index is 11.3. The maximum absolute atomic E-state index is 11.3. The molecule has 98 valence electrons. The number of hydrogen-bond acceptors (Lipinski definition) is 2. The molecule has 4 heteroatoms. The summed E-state index contributed by atoms with van der Waals surface area (Å²) in [7, 11) is 0. The molecular formula is C14H20N2O2. The molecule has 18 heavy (non-hydrogen) atoms. The summed E-state index contributed by atoms with van der Waals surface area (Å²) in [4.78, 5) is 11.3. The first-order valence-electron chi connectivity index (χ1n) is 6.54. The Balaban J connectivity index is 1.60. The van der Waals surface area contributed by atoms with Crippen LogP contribution in [0.4, 0.5) is 4.79 Å². The van der Waals surface area contributed by atoms with E-state index in [2.05, 4.69) is 29.7 Å². The van der Waals surface area contributed by atoms with Crippen LogP contribution in [-0.2, 0) is 6.42 Å². The van der Waals surface area contributed by atoms with Crippen molar-refractivity contribution in [3.63, 3.8) is 0 Å². The Labute approximate surface area is 108 Å². The number of benzene rings is 1. The van der Waals surface area contributed by atoms with Gasteiger partial charge in [0, 0.05) is 6.04 Å². The lowest BCUT2D eigenvalue weighted by molar-refractivity contribution is 0.236. The van der Waals surface area contributed by atoms with Gasteiger partial charge in [0.25, 0.3) is 0 Å². The van der Waals surface area contributed by atoms with Gasteiger partial charge in [-0.2, -0.15) is 0 Å². The topological polar surface area (TPSA) is 50.4 Å². The highest BCUT2D eigenvalue weighted by Crippen LogP contribution is 2.18. The third-order valence-electron chi connectivity index (χ3n) is 2.90. The van der Waals surface area contributed by atoms with Gasteiger partial charge < -0.3 is 15.4 Å². The molecule has 0 saturated heterocycles. The summed E-state index contributed by atoms with van der Waals surface area (Å²) in [6.45, 7) is 3.13. The Hall–Kier alpha value is -1.71. The smallest absolute Gasteiger partial charge is 0.315 e. The first-order chi connectivity index (χ1) is 8.78. The van der Waals surface area contributed by atoms with Gasteiger partial charge in [-0.1, -0.05) is 19.1 Å². The van der Waals surface area contributed by atoms with E-state index in [1.54, 1.807) is 0 Å². The fraction of sp³-hybridized carbons (Fsp3) is 0.500. The molecule has 1 aromatic carbocycles. The van der Waals surface area contributed by atoms with E-state index in [0.29, 0.717) is 19.2 Å². The number of urea groups is 1. The van der Waals surface area contributed by atoms with Crippen LogP contribution in [0.3, 0.4) is 0 Å². The van der Waals surface area contributed by atoms with Gasteiger partial charge in [-0.05, 0) is 37.0 Å². The van der Waals surface area contributed by atoms with Crippen molar-refractivity contribution in [1.82, 2.24) is 10.6 Å². The molecule has 0 unspecified atom stereocenters. The highest BCUT2D eigenvalue weighted by atomic mass is 16.5. The van der Waals surface area contributed by atoms with E-state index in [1.165, 1.54) is 5.56 Å². The summed E-state index contributed by atoms with van der Waals surface area (Å²) in [6, 6.07) is 8.34. The lowest BCUT2D eigenvalue weighted by Gasteiger charge is -2.08. The Bertz CT molecular complexity index is 385. The zero-order valence-corrected chi connectivity index (χ0v) is 10.7. The number of carbonyl (C=O) groups excluding carboxylic acids is 1. The van der Waals surface area contributed by atoms with E-state index in [1.807, 2.05) is 12.1 Å². The van der Waals surface area contributed by atoms with E-state index in [-0.39, 0.29) is 6.03 Å². The Morgan fingerprint density at radius 2 is 2.06 bits per heavy atom. The van der Waals surface area contributed by atoms with Crippen molar-refractivity contribution in [1.29, 1.82) is 0 Å². The zero-order valence-electron chi connectivity index (χ0n) is 10.7. The van der Waals surface area contributed by atoms with Crippen LogP contribution in [0.15, 0.2) is 24.3 Å². The summed E-state index contributed by atoms with van der Waals surface area (Å²) in [5, 5.41) is 5.63. The van der Waals surface area contributed by atoms with E-state index in [9.17, 15) is 4.79 Å². The predicted molar refractivity (Wildman–Crippen MR) is 70.9 cm³/mol. The summed E-state index contributed by atoms with van der Waals surface area (Å²) in [5.74, 6) is 0.844. The van der Waals surface area contributed by atoms with Crippen LogP contribution in [0, 0.1) is 0 Å². The predicted octanol–water partition coefficient (Wildman–Crippen LogP) is 2.09. The average molecular weight is 248 g/mol. The van der Waals surface area contributed by atoms with Gasteiger partial charge in [0.2, 0.25) is 0 Å². The summed E-state index contributed by atoms with van der Waals surface area (Å²) in [6.07, 6.45) is 3.24. The molecular weight excluding hydrogens is 228 g/mol. The minimum atomic E-state index is -0.0950. The third-order valence-corrected chi connectivity index (χ3v) is 2.90. The standard InChI is InChI=1S/C14H20N2O2/c1-2-11-3-7-13(8-4-11)18-10-9-15-14(17)16-12-5-6-12/h3-4,7-8,12H,2,5-6,9-10H2,1H3,(H2,15,16,17). The van der Waals surface area contributed by atoms with E-state index in [0.717, 1.165) is 25.0 Å². The van der Waals surface area contributed by atoms with Gasteiger partial charge in [-0.15, -0.1) is 0 Å². The number of ether oxygens (including phenoxy) is 1. The highest BCUT2D eigenvalue weighted by molar-refractivity contribution is 5.74. The van der Waals surface area contributed by atoms with Crippen molar-refractivity contribution in [3.8, 4) is 5.75 Å². The van der Waals surface area contributed by atoms with Crippen LogP contribution in [0.2, 0.25) is 0 Å². The molecule has 0 radical (unpaired) electrons. The van der Waals surface area contributed by atoms with Crippen LogP contribution < -0.4 is 15.4 Å². The minimum absolute atomic E-state index is 0.0950. The highest BCUT2D eigenvalue weighted by Gasteiger charge is 2.22. The quantitative estimate of drug-likeness (QED) is 0.757. The summed E-state index contributed by atoms with van der Waals surface area (Å²) in [5.41, 5.74) is 1.30. The van der Waals surface area contributed by atoms with Crippen molar-refractivity contribution >= 4 is 6.03 Å². The molecule has 0 aromatic heterocycles. The third kappa shape index (κ3) is 4.28. The Morgan fingerprint density at radius 3 is 2.67 bits per heavy atom. The van der Waals surface area contributed by atoms with Gasteiger partial charge in [0.05, 0.1) is 6.54 Å². The second kappa shape index (κ2) is 6.28. The largest absolute Gasteiger partial charge is 0.492 e. The van der Waals surface area contributed by atoms with E-state index < -0.39 is 0 Å². The number of amides is 2. The lowest BCUT2D eigenvalue weighted by Crippen LogP contribution is -2.38. The molecule has 0 bridgehead atoms. The van der Waals surface area contributed by atoms with E-state index in [4.69, 9.17) is 4.74 Å². The molecule has 1 aliphatic rings. The van der Waals surface area contributed by atoms with Crippen molar-refractivity contribution in [3.05, 3.63) is 29.8 Å². The van der Waals surface area contributed by atoms with Gasteiger partial charge in [0.15, 0.2) is 0 Å². The molecule has 2 rings (SSSR count). The summed E-state index contributed by atoms with van der Waals surface area (Å²) < 4.78 is 5.53. The molecule has 1 fully saturated rings. The maximum Gasteiger partial charge on any atom is 0.315 e. The average Bonchev–Trinajstić information content (AvgIpc) is 3.19. The van der Waals surface area contributed by atoms with E-state index >= 15 is 0 Å². The normalized spacial score (nSPS) is 14.1.